The minimum Gasteiger partial charge on any atom is -0.485 e. The minimum absolute atomic E-state index is 0.0326. The Morgan fingerprint density at radius 1 is 1.10 bits per heavy atom. The van der Waals surface area contributed by atoms with E-state index in [2.05, 4.69) is 33.5 Å². The first-order valence-electron chi connectivity index (χ1n) is 14.1. The zero-order chi connectivity index (χ0) is 27.5. The predicted octanol–water partition coefficient (Wildman–Crippen LogP) is 3.71. The zero-order valence-corrected chi connectivity index (χ0v) is 22.8. The number of carbonyl (C=O) groups is 1. The van der Waals surface area contributed by atoms with Crippen molar-refractivity contribution >= 4 is 34.1 Å². The number of hydrogen-bond acceptors (Lipinski definition) is 9. The summed E-state index contributed by atoms with van der Waals surface area (Å²) in [7, 11) is 0. The number of piperidine rings is 1. The largest absolute Gasteiger partial charge is 0.485 e. The first-order valence-corrected chi connectivity index (χ1v) is 14.1. The maximum absolute atomic E-state index is 13.6. The van der Waals surface area contributed by atoms with Gasteiger partial charge in [0.15, 0.2) is 11.5 Å². The van der Waals surface area contributed by atoms with Crippen molar-refractivity contribution in [1.29, 1.82) is 5.26 Å². The maximum atomic E-state index is 13.6. The van der Waals surface area contributed by atoms with Crippen LogP contribution in [-0.4, -0.2) is 90.9 Å². The van der Waals surface area contributed by atoms with Crippen molar-refractivity contribution in [3.05, 3.63) is 35.5 Å². The van der Waals surface area contributed by atoms with Crippen LogP contribution in [0.15, 0.2) is 24.4 Å². The molecule has 3 aromatic rings. The van der Waals surface area contributed by atoms with Crippen LogP contribution in [0.3, 0.4) is 0 Å². The molecule has 2 aromatic heterocycles. The SMILES string of the molecule is CCCNc1cc(Nc2ccc(C(=O)N3CCC(N4CCOCC4)CC3)c3c2OCCO3)nc2[nH]cc(C#N)c12. The van der Waals surface area contributed by atoms with Crippen molar-refractivity contribution in [3.63, 3.8) is 0 Å². The van der Waals surface area contributed by atoms with Crippen LogP contribution < -0.4 is 20.1 Å². The lowest BCUT2D eigenvalue weighted by molar-refractivity contribution is 0.00152. The molecule has 1 amide bonds. The van der Waals surface area contributed by atoms with Gasteiger partial charge in [-0.05, 0) is 31.4 Å². The van der Waals surface area contributed by atoms with Crippen molar-refractivity contribution in [1.82, 2.24) is 19.8 Å². The van der Waals surface area contributed by atoms with Gasteiger partial charge in [-0.3, -0.25) is 9.69 Å². The first-order chi connectivity index (χ1) is 19.7. The van der Waals surface area contributed by atoms with Gasteiger partial charge < -0.3 is 34.7 Å². The highest BCUT2D eigenvalue weighted by atomic mass is 16.6. The average molecular weight is 546 g/mol. The fourth-order valence-corrected chi connectivity index (χ4v) is 5.77. The number of morpholine rings is 1. The topological polar surface area (TPSA) is 128 Å². The van der Waals surface area contributed by atoms with Crippen molar-refractivity contribution in [2.45, 2.75) is 32.2 Å². The summed E-state index contributed by atoms with van der Waals surface area (Å²) in [5, 5.41) is 17.1. The van der Waals surface area contributed by atoms with Gasteiger partial charge in [-0.2, -0.15) is 5.26 Å². The van der Waals surface area contributed by atoms with Crippen molar-refractivity contribution in [2.24, 2.45) is 0 Å². The molecule has 2 saturated heterocycles. The summed E-state index contributed by atoms with van der Waals surface area (Å²) in [6.07, 6.45) is 4.53. The molecule has 5 heterocycles. The van der Waals surface area contributed by atoms with Crippen LogP contribution in [0.4, 0.5) is 17.2 Å². The molecular formula is C29H35N7O4. The number of ether oxygens (including phenoxy) is 3. The summed E-state index contributed by atoms with van der Waals surface area (Å²) < 4.78 is 17.5. The Bertz CT molecular complexity index is 1420. The van der Waals surface area contributed by atoms with E-state index < -0.39 is 0 Å². The molecule has 40 heavy (non-hydrogen) atoms. The van der Waals surface area contributed by atoms with Crippen LogP contribution >= 0.6 is 0 Å². The van der Waals surface area contributed by atoms with Gasteiger partial charge in [0, 0.05) is 51.0 Å². The molecular weight excluding hydrogens is 510 g/mol. The van der Waals surface area contributed by atoms with Gasteiger partial charge in [-0.1, -0.05) is 6.92 Å². The Morgan fingerprint density at radius 3 is 2.62 bits per heavy atom. The summed E-state index contributed by atoms with van der Waals surface area (Å²) in [5.41, 5.74) is 3.15. The second kappa shape index (κ2) is 11.6. The van der Waals surface area contributed by atoms with E-state index in [1.165, 1.54) is 0 Å². The highest BCUT2D eigenvalue weighted by Gasteiger charge is 2.31. The number of fused-ring (bicyclic) bond motifs is 2. The highest BCUT2D eigenvalue weighted by Crippen LogP contribution is 2.43. The fraction of sp³-hybridized carbons (Fsp3) is 0.483. The number of H-pyrrole nitrogens is 1. The highest BCUT2D eigenvalue weighted by molar-refractivity contribution is 6.00. The summed E-state index contributed by atoms with van der Waals surface area (Å²) in [5.74, 6) is 1.52. The Kier molecular flexibility index (Phi) is 7.62. The molecule has 1 aromatic carbocycles. The third-order valence-corrected chi connectivity index (χ3v) is 7.82. The summed E-state index contributed by atoms with van der Waals surface area (Å²) >= 11 is 0. The standard InChI is InChI=1S/C29H35N7O4/c1-2-7-31-23-16-24(34-28-25(23)19(17-30)18-32-28)33-22-4-3-21(26-27(22)40-15-14-39-26)29(37)36-8-5-20(6-9-36)35-10-12-38-13-11-35/h3-4,16,18,20H,2,5-15H2,1H3,(H3,31,32,33,34). The van der Waals surface area contributed by atoms with Crippen molar-refractivity contribution < 1.29 is 19.0 Å². The lowest BCUT2D eigenvalue weighted by atomic mass is 10.0. The van der Waals surface area contributed by atoms with Crippen LogP contribution in [-0.2, 0) is 4.74 Å². The molecule has 0 bridgehead atoms. The molecule has 6 rings (SSSR count). The molecule has 0 saturated carbocycles. The number of aromatic amines is 1. The van der Waals surface area contributed by atoms with Gasteiger partial charge in [0.05, 0.1) is 41.1 Å². The second-order valence-electron chi connectivity index (χ2n) is 10.3. The molecule has 3 aliphatic rings. The Hall–Kier alpha value is -4.01. The number of amides is 1. The number of anilines is 3. The molecule has 0 atom stereocenters. The number of hydrogen-bond donors (Lipinski definition) is 3. The van der Waals surface area contributed by atoms with E-state index in [0.717, 1.165) is 76.3 Å². The number of nitrogens with one attached hydrogen (secondary N) is 3. The second-order valence-corrected chi connectivity index (χ2v) is 10.3. The van der Waals surface area contributed by atoms with E-state index in [1.54, 1.807) is 6.20 Å². The third-order valence-electron chi connectivity index (χ3n) is 7.82. The normalized spacial score (nSPS) is 17.9. The van der Waals surface area contributed by atoms with Gasteiger partial charge >= 0.3 is 0 Å². The molecule has 11 heteroatoms. The molecule has 0 aliphatic carbocycles. The Morgan fingerprint density at radius 2 is 1.88 bits per heavy atom. The predicted molar refractivity (Wildman–Crippen MR) is 152 cm³/mol. The quantitative estimate of drug-likeness (QED) is 0.407. The lowest BCUT2D eigenvalue weighted by Gasteiger charge is -2.40. The Labute approximate surface area is 233 Å². The first kappa shape index (κ1) is 26.2. The lowest BCUT2D eigenvalue weighted by Crippen LogP contribution is -2.50. The van der Waals surface area contributed by atoms with E-state index in [4.69, 9.17) is 19.2 Å². The fourth-order valence-electron chi connectivity index (χ4n) is 5.77. The van der Waals surface area contributed by atoms with E-state index in [1.807, 2.05) is 23.1 Å². The number of benzene rings is 1. The minimum atomic E-state index is -0.0326. The van der Waals surface area contributed by atoms with Crippen LogP contribution in [0, 0.1) is 11.3 Å². The van der Waals surface area contributed by atoms with Crippen LogP contribution in [0.5, 0.6) is 11.5 Å². The Balaban J connectivity index is 1.23. The van der Waals surface area contributed by atoms with Gasteiger partial charge in [0.2, 0.25) is 0 Å². The van der Waals surface area contributed by atoms with Gasteiger partial charge in [-0.25, -0.2) is 4.98 Å². The third kappa shape index (κ3) is 5.12. The number of nitrogens with zero attached hydrogens (tertiary/aromatic N) is 4. The molecule has 3 N–H and O–H groups in total. The monoisotopic (exact) mass is 545 g/mol. The van der Waals surface area contributed by atoms with Crippen LogP contribution in [0.2, 0.25) is 0 Å². The molecule has 3 aliphatic heterocycles. The molecule has 0 radical (unpaired) electrons. The smallest absolute Gasteiger partial charge is 0.257 e. The maximum Gasteiger partial charge on any atom is 0.257 e. The number of aromatic nitrogens is 2. The zero-order valence-electron chi connectivity index (χ0n) is 22.8. The number of nitriles is 1. The van der Waals surface area contributed by atoms with Gasteiger partial charge in [-0.15, -0.1) is 0 Å². The van der Waals surface area contributed by atoms with Crippen molar-refractivity contribution in [2.75, 3.05) is 69.8 Å². The van der Waals surface area contributed by atoms with Crippen molar-refractivity contribution in [3.8, 4) is 17.6 Å². The van der Waals surface area contributed by atoms with Crippen LogP contribution in [0.25, 0.3) is 11.0 Å². The summed E-state index contributed by atoms with van der Waals surface area (Å²) in [6, 6.07) is 8.27. The van der Waals surface area contributed by atoms with E-state index >= 15 is 0 Å². The average Bonchev–Trinajstić information content (AvgIpc) is 3.43. The van der Waals surface area contributed by atoms with Gasteiger partial charge in [0.1, 0.15) is 30.7 Å². The van der Waals surface area contributed by atoms with Gasteiger partial charge in [0.25, 0.3) is 5.91 Å². The molecule has 0 unspecified atom stereocenters. The number of rotatable bonds is 7. The molecule has 11 nitrogen and oxygen atoms in total. The van der Waals surface area contributed by atoms with E-state index in [-0.39, 0.29) is 5.91 Å². The molecule has 2 fully saturated rings. The summed E-state index contributed by atoms with van der Waals surface area (Å²) in [6.45, 7) is 8.56. The number of carbonyl (C=O) groups excluding carboxylic acids is 1. The molecule has 0 spiro atoms. The molecule has 210 valence electrons. The number of likely N-dealkylation sites (tertiary alicyclic amines) is 1. The van der Waals surface area contributed by atoms with Crippen LogP contribution in [0.1, 0.15) is 42.1 Å². The van der Waals surface area contributed by atoms with E-state index in [9.17, 15) is 10.1 Å². The van der Waals surface area contributed by atoms with E-state index in [0.29, 0.717) is 59.0 Å². The summed E-state index contributed by atoms with van der Waals surface area (Å²) in [4.78, 5) is 25.8. The number of pyridine rings is 1.